The maximum absolute atomic E-state index is 4.92. The zero-order valence-electron chi connectivity index (χ0n) is 13.9. The van der Waals surface area contributed by atoms with Crippen LogP contribution in [0.25, 0.3) is 16.6 Å². The maximum Gasteiger partial charge on any atom is 0.132 e. The van der Waals surface area contributed by atoms with E-state index in [-0.39, 0.29) is 0 Å². The zero-order chi connectivity index (χ0) is 16.8. The number of hydrogen-bond donors (Lipinski definition) is 0. The molecular formula is C20H17N5. The Bertz CT molecular complexity index is 1050. The van der Waals surface area contributed by atoms with Crippen molar-refractivity contribution in [3.05, 3.63) is 78.5 Å². The lowest BCUT2D eigenvalue weighted by atomic mass is 10.1. The van der Waals surface area contributed by atoms with Crippen molar-refractivity contribution in [2.75, 3.05) is 0 Å². The molecule has 2 atom stereocenters. The molecule has 0 spiro atoms. The van der Waals surface area contributed by atoms with E-state index in [1.165, 1.54) is 0 Å². The molecule has 1 aliphatic rings. The van der Waals surface area contributed by atoms with Gasteiger partial charge < -0.3 is 4.57 Å². The Morgan fingerprint density at radius 2 is 1.96 bits per heavy atom. The lowest BCUT2D eigenvalue weighted by Crippen LogP contribution is -1.99. The highest BCUT2D eigenvalue weighted by Gasteiger charge is 2.43. The number of imidazole rings is 1. The van der Waals surface area contributed by atoms with E-state index in [1.54, 1.807) is 6.20 Å². The van der Waals surface area contributed by atoms with Crippen molar-refractivity contribution in [3.8, 4) is 5.69 Å². The first-order valence-corrected chi connectivity index (χ1v) is 8.47. The van der Waals surface area contributed by atoms with Crippen LogP contribution >= 0.6 is 0 Å². The van der Waals surface area contributed by atoms with Crippen molar-refractivity contribution in [2.24, 2.45) is 0 Å². The highest BCUT2D eigenvalue weighted by molar-refractivity contribution is 5.87. The molecule has 0 aliphatic heterocycles. The van der Waals surface area contributed by atoms with Crippen LogP contribution in [0.3, 0.4) is 0 Å². The molecular weight excluding hydrogens is 310 g/mol. The van der Waals surface area contributed by atoms with Crippen LogP contribution in [0, 0.1) is 6.92 Å². The van der Waals surface area contributed by atoms with Gasteiger partial charge in [0.25, 0.3) is 0 Å². The number of fused-ring (bicyclic) bond motifs is 1. The largest absolute Gasteiger partial charge is 0.306 e. The SMILES string of the molecule is Cc1ccnc([C@H]2C[C@@H]2c2cc(-n3ccnc3)c3ccccc3n2)n1. The van der Waals surface area contributed by atoms with Gasteiger partial charge in [0, 0.05) is 47.2 Å². The molecule has 0 saturated heterocycles. The lowest BCUT2D eigenvalue weighted by molar-refractivity contribution is 0.866. The number of hydrogen-bond acceptors (Lipinski definition) is 4. The Morgan fingerprint density at radius 1 is 1.04 bits per heavy atom. The van der Waals surface area contributed by atoms with Crippen LogP contribution in [-0.2, 0) is 0 Å². The number of rotatable bonds is 3. The number of nitrogens with zero attached hydrogens (tertiary/aromatic N) is 5. The van der Waals surface area contributed by atoms with Crippen LogP contribution in [-0.4, -0.2) is 24.5 Å². The van der Waals surface area contributed by atoms with E-state index in [0.29, 0.717) is 11.8 Å². The van der Waals surface area contributed by atoms with E-state index >= 15 is 0 Å². The van der Waals surface area contributed by atoms with Crippen LogP contribution in [0.15, 0.2) is 61.3 Å². The van der Waals surface area contributed by atoms with Crippen molar-refractivity contribution in [1.82, 2.24) is 24.5 Å². The molecule has 1 saturated carbocycles. The van der Waals surface area contributed by atoms with Crippen molar-refractivity contribution >= 4 is 10.9 Å². The van der Waals surface area contributed by atoms with Crippen LogP contribution < -0.4 is 0 Å². The van der Waals surface area contributed by atoms with Gasteiger partial charge in [-0.2, -0.15) is 0 Å². The standard InChI is InChI=1S/C20H17N5/c1-13-6-7-22-20(23-13)16-10-15(16)18-11-19(25-9-8-21-12-25)14-4-2-3-5-17(14)24-18/h2-9,11-12,15-16H,10H2,1H3/t15-,16-/m0/s1. The minimum absolute atomic E-state index is 0.365. The molecule has 0 bridgehead atoms. The third-order valence-electron chi connectivity index (χ3n) is 4.81. The van der Waals surface area contributed by atoms with Crippen LogP contribution in [0.4, 0.5) is 0 Å². The molecule has 5 rings (SSSR count). The second-order valence-electron chi connectivity index (χ2n) is 6.56. The molecule has 0 amide bonds. The summed E-state index contributed by atoms with van der Waals surface area (Å²) in [6.45, 7) is 2.01. The predicted molar refractivity (Wildman–Crippen MR) is 95.7 cm³/mol. The molecule has 1 fully saturated rings. The molecule has 0 radical (unpaired) electrons. The molecule has 1 aliphatic carbocycles. The molecule has 3 heterocycles. The fourth-order valence-electron chi connectivity index (χ4n) is 3.44. The summed E-state index contributed by atoms with van der Waals surface area (Å²) < 4.78 is 2.05. The summed E-state index contributed by atoms with van der Waals surface area (Å²) in [7, 11) is 0. The van der Waals surface area contributed by atoms with Gasteiger partial charge in [-0.05, 0) is 31.5 Å². The summed E-state index contributed by atoms with van der Waals surface area (Å²) in [5.74, 6) is 1.68. The van der Waals surface area contributed by atoms with Gasteiger partial charge in [0.15, 0.2) is 0 Å². The molecule has 0 N–H and O–H groups in total. The average Bonchev–Trinajstić information content (AvgIpc) is 3.26. The molecule has 5 heteroatoms. The van der Waals surface area contributed by atoms with E-state index in [2.05, 4.69) is 33.2 Å². The summed E-state index contributed by atoms with van der Waals surface area (Å²) in [6.07, 6.45) is 8.50. The fraction of sp³-hybridized carbons (Fsp3) is 0.200. The number of pyridine rings is 1. The second kappa shape index (κ2) is 5.48. The first kappa shape index (κ1) is 14.3. The number of para-hydroxylation sites is 1. The molecule has 25 heavy (non-hydrogen) atoms. The Labute approximate surface area is 145 Å². The Morgan fingerprint density at radius 3 is 2.80 bits per heavy atom. The van der Waals surface area contributed by atoms with Gasteiger partial charge in [0.1, 0.15) is 5.82 Å². The number of benzene rings is 1. The molecule has 5 nitrogen and oxygen atoms in total. The Balaban J connectivity index is 1.59. The topological polar surface area (TPSA) is 56.5 Å². The van der Waals surface area contributed by atoms with Crippen LogP contribution in [0.5, 0.6) is 0 Å². The minimum Gasteiger partial charge on any atom is -0.306 e. The molecule has 0 unspecified atom stereocenters. The second-order valence-corrected chi connectivity index (χ2v) is 6.56. The third-order valence-corrected chi connectivity index (χ3v) is 4.81. The van der Waals surface area contributed by atoms with Gasteiger partial charge >= 0.3 is 0 Å². The van der Waals surface area contributed by atoms with E-state index in [4.69, 9.17) is 4.98 Å². The average molecular weight is 327 g/mol. The van der Waals surface area contributed by atoms with E-state index in [0.717, 1.165) is 40.2 Å². The maximum atomic E-state index is 4.92. The van der Waals surface area contributed by atoms with Crippen molar-refractivity contribution in [3.63, 3.8) is 0 Å². The normalized spacial score (nSPS) is 19.2. The van der Waals surface area contributed by atoms with Crippen molar-refractivity contribution in [1.29, 1.82) is 0 Å². The molecule has 3 aromatic heterocycles. The van der Waals surface area contributed by atoms with Crippen molar-refractivity contribution < 1.29 is 0 Å². The van der Waals surface area contributed by atoms with Gasteiger partial charge in [-0.1, -0.05) is 18.2 Å². The Hall–Kier alpha value is -3.08. The summed E-state index contributed by atoms with van der Waals surface area (Å²) in [4.78, 5) is 18.2. The molecule has 122 valence electrons. The fourth-order valence-corrected chi connectivity index (χ4v) is 3.44. The molecule has 4 aromatic rings. The predicted octanol–water partition coefficient (Wildman–Crippen LogP) is 3.79. The van der Waals surface area contributed by atoms with Gasteiger partial charge in [-0.25, -0.2) is 15.0 Å². The van der Waals surface area contributed by atoms with E-state index in [9.17, 15) is 0 Å². The highest BCUT2D eigenvalue weighted by Crippen LogP contribution is 2.53. The minimum atomic E-state index is 0.365. The first-order valence-electron chi connectivity index (χ1n) is 8.47. The highest BCUT2D eigenvalue weighted by atomic mass is 15.0. The number of aromatic nitrogens is 5. The first-order chi connectivity index (χ1) is 12.3. The van der Waals surface area contributed by atoms with Gasteiger partial charge in [-0.3, -0.25) is 4.98 Å². The van der Waals surface area contributed by atoms with Gasteiger partial charge in [-0.15, -0.1) is 0 Å². The van der Waals surface area contributed by atoms with Crippen LogP contribution in [0.1, 0.15) is 35.5 Å². The summed E-state index contributed by atoms with van der Waals surface area (Å²) in [6, 6.07) is 12.4. The quantitative estimate of drug-likeness (QED) is 0.574. The summed E-state index contributed by atoms with van der Waals surface area (Å²) in [5, 5.41) is 1.13. The summed E-state index contributed by atoms with van der Waals surface area (Å²) in [5.41, 5.74) is 4.26. The van der Waals surface area contributed by atoms with Crippen molar-refractivity contribution in [2.45, 2.75) is 25.2 Å². The van der Waals surface area contributed by atoms with Gasteiger partial charge in [0.2, 0.25) is 0 Å². The lowest BCUT2D eigenvalue weighted by Gasteiger charge is -2.10. The van der Waals surface area contributed by atoms with Crippen LogP contribution in [0.2, 0.25) is 0 Å². The zero-order valence-corrected chi connectivity index (χ0v) is 13.9. The summed E-state index contributed by atoms with van der Waals surface area (Å²) >= 11 is 0. The van der Waals surface area contributed by atoms with E-state index in [1.807, 2.05) is 48.4 Å². The van der Waals surface area contributed by atoms with E-state index < -0.39 is 0 Å². The monoisotopic (exact) mass is 327 g/mol. The smallest absolute Gasteiger partial charge is 0.132 e. The third kappa shape index (κ3) is 2.48. The number of aryl methyl sites for hydroxylation is 1. The Kier molecular flexibility index (Phi) is 3.13. The van der Waals surface area contributed by atoms with Gasteiger partial charge in [0.05, 0.1) is 17.5 Å². The molecule has 1 aromatic carbocycles.